The monoisotopic (exact) mass is 352 g/mol. The van der Waals surface area contributed by atoms with Gasteiger partial charge in [-0.25, -0.2) is 15.0 Å². The zero-order valence-corrected chi connectivity index (χ0v) is 13.3. The molecule has 130 valence electrons. The maximum Gasteiger partial charge on any atom is 0.310 e. The second-order valence-electron chi connectivity index (χ2n) is 5.75. The maximum absolute atomic E-state index is 12.6. The molecule has 11 heteroatoms. The first kappa shape index (κ1) is 15.6. The summed E-state index contributed by atoms with van der Waals surface area (Å²) in [6, 6.07) is 3.51. The van der Waals surface area contributed by atoms with E-state index in [0.717, 1.165) is 0 Å². The molecule has 0 saturated carbocycles. The van der Waals surface area contributed by atoms with Crippen molar-refractivity contribution in [1.82, 2.24) is 29.3 Å². The lowest BCUT2D eigenvalue weighted by atomic mass is 10.0. The zero-order chi connectivity index (χ0) is 18.3. The summed E-state index contributed by atoms with van der Waals surface area (Å²) < 4.78 is 2.68. The van der Waals surface area contributed by atoms with Crippen molar-refractivity contribution in [2.75, 3.05) is 18.0 Å². The Balaban J connectivity index is 1.63. The third kappa shape index (κ3) is 2.49. The lowest BCUT2D eigenvalue weighted by Gasteiger charge is -2.37. The van der Waals surface area contributed by atoms with Gasteiger partial charge in [-0.1, -0.05) is 0 Å². The fourth-order valence-corrected chi connectivity index (χ4v) is 2.68. The average Bonchev–Trinajstić information content (AvgIpc) is 3.19. The second-order valence-corrected chi connectivity index (χ2v) is 5.75. The van der Waals surface area contributed by atoms with Gasteiger partial charge in [-0.15, -0.1) is 0 Å². The number of carboxylic acid groups (broad SMARTS) is 1. The van der Waals surface area contributed by atoms with Crippen LogP contribution in [0.2, 0.25) is 0 Å². The summed E-state index contributed by atoms with van der Waals surface area (Å²) in [5.74, 6) is -0.378. The Morgan fingerprint density at radius 1 is 1.31 bits per heavy atom. The van der Waals surface area contributed by atoms with Crippen molar-refractivity contribution in [2.24, 2.45) is 5.92 Å². The summed E-state index contributed by atoms with van der Waals surface area (Å²) >= 11 is 0. The normalized spacial score (nSPS) is 14.0. The van der Waals surface area contributed by atoms with E-state index in [2.05, 4.69) is 20.1 Å². The molecule has 3 aromatic rings. The molecule has 1 aliphatic rings. The molecule has 3 aromatic heterocycles. The molecule has 1 fully saturated rings. The zero-order valence-electron chi connectivity index (χ0n) is 13.3. The molecule has 0 amide bonds. The molecular formula is C15H12N8O3. The molecule has 1 saturated heterocycles. The summed E-state index contributed by atoms with van der Waals surface area (Å²) in [5, 5.41) is 20.6. The van der Waals surface area contributed by atoms with Gasteiger partial charge in [-0.05, 0) is 0 Å². The molecule has 11 nitrogen and oxygen atoms in total. The number of aliphatic carboxylic acids is 1. The summed E-state index contributed by atoms with van der Waals surface area (Å²) in [4.78, 5) is 37.4. The number of aromatic amines is 1. The van der Waals surface area contributed by atoms with Gasteiger partial charge in [0, 0.05) is 31.5 Å². The number of rotatable bonds is 4. The molecule has 0 radical (unpaired) electrons. The van der Waals surface area contributed by atoms with E-state index in [9.17, 15) is 9.59 Å². The van der Waals surface area contributed by atoms with Gasteiger partial charge in [-0.2, -0.15) is 9.94 Å². The van der Waals surface area contributed by atoms with Crippen LogP contribution in [-0.2, 0) is 4.79 Å². The molecule has 0 bridgehead atoms. The van der Waals surface area contributed by atoms with Gasteiger partial charge in [0.05, 0.1) is 5.92 Å². The predicted molar refractivity (Wildman–Crippen MR) is 87.2 cm³/mol. The van der Waals surface area contributed by atoms with E-state index in [0.29, 0.717) is 24.7 Å². The van der Waals surface area contributed by atoms with Gasteiger partial charge in [0.25, 0.3) is 5.56 Å². The number of hydrogen-bond acceptors (Lipinski definition) is 7. The molecule has 26 heavy (non-hydrogen) atoms. The molecule has 0 aliphatic carbocycles. The largest absolute Gasteiger partial charge is 0.481 e. The molecule has 0 aromatic carbocycles. The first-order valence-corrected chi connectivity index (χ1v) is 7.62. The summed E-state index contributed by atoms with van der Waals surface area (Å²) in [6.07, 6.45) is 5.63. The van der Waals surface area contributed by atoms with Crippen LogP contribution in [0.3, 0.4) is 0 Å². The van der Waals surface area contributed by atoms with Crippen LogP contribution >= 0.6 is 0 Å². The van der Waals surface area contributed by atoms with E-state index in [1.165, 1.54) is 34.3 Å². The number of hydrogen-bond donors (Lipinski definition) is 2. The molecule has 2 N–H and O–H groups in total. The Kier molecular flexibility index (Phi) is 3.51. The van der Waals surface area contributed by atoms with Gasteiger partial charge >= 0.3 is 5.97 Å². The number of anilines is 1. The third-order valence-electron chi connectivity index (χ3n) is 4.15. The molecule has 0 unspecified atom stereocenters. The Hall–Kier alpha value is -3.94. The van der Waals surface area contributed by atoms with E-state index in [1.807, 2.05) is 6.07 Å². The highest BCUT2D eigenvalue weighted by Crippen LogP contribution is 2.23. The number of imidazole rings is 1. The highest BCUT2D eigenvalue weighted by Gasteiger charge is 2.33. The molecule has 0 spiro atoms. The number of aromatic nitrogens is 6. The minimum atomic E-state index is -0.835. The van der Waals surface area contributed by atoms with Crippen LogP contribution in [0.5, 0.6) is 0 Å². The second kappa shape index (κ2) is 5.85. The fraction of sp³-hybridized carbons (Fsp3) is 0.200. The molecule has 4 rings (SSSR count). The highest BCUT2D eigenvalue weighted by atomic mass is 16.4. The Morgan fingerprint density at radius 2 is 2.08 bits per heavy atom. The van der Waals surface area contributed by atoms with Crippen molar-refractivity contribution in [3.05, 3.63) is 47.2 Å². The fourth-order valence-electron chi connectivity index (χ4n) is 2.68. The van der Waals surface area contributed by atoms with Crippen molar-refractivity contribution >= 4 is 11.8 Å². The standard InChI is InChI=1S/C15H12N8O3/c16-2-10-6-22(8-19-10)11-3-20-23(14(11)24)13-1-12(17-7-18-13)21-4-9(5-21)15(25)26/h1,3,6-9,20H,4-5H2,(H,25,26). The average molecular weight is 352 g/mol. The van der Waals surface area contributed by atoms with Crippen LogP contribution in [0.25, 0.3) is 11.5 Å². The first-order chi connectivity index (χ1) is 12.6. The van der Waals surface area contributed by atoms with E-state index >= 15 is 0 Å². The van der Waals surface area contributed by atoms with E-state index < -0.39 is 11.9 Å². The Bertz CT molecular complexity index is 1080. The lowest BCUT2D eigenvalue weighted by molar-refractivity contribution is -0.142. The first-order valence-electron chi connectivity index (χ1n) is 7.62. The minimum absolute atomic E-state index is 0.201. The number of carbonyl (C=O) groups is 1. The van der Waals surface area contributed by atoms with Gasteiger partial charge in [0.1, 0.15) is 30.2 Å². The smallest absolute Gasteiger partial charge is 0.310 e. The van der Waals surface area contributed by atoms with Gasteiger partial charge in [0.15, 0.2) is 11.5 Å². The highest BCUT2D eigenvalue weighted by molar-refractivity contribution is 5.74. The lowest BCUT2D eigenvalue weighted by Crippen LogP contribution is -2.50. The Labute approximate surface area is 145 Å². The number of nitriles is 1. The van der Waals surface area contributed by atoms with Gasteiger partial charge in [0.2, 0.25) is 0 Å². The van der Waals surface area contributed by atoms with Crippen molar-refractivity contribution in [3.8, 4) is 17.6 Å². The van der Waals surface area contributed by atoms with Crippen LogP contribution in [-0.4, -0.2) is 53.5 Å². The van der Waals surface area contributed by atoms with Crippen LogP contribution < -0.4 is 10.5 Å². The van der Waals surface area contributed by atoms with Crippen LogP contribution in [0.4, 0.5) is 5.82 Å². The molecule has 1 aliphatic heterocycles. The maximum atomic E-state index is 12.6. The summed E-state index contributed by atoms with van der Waals surface area (Å²) in [7, 11) is 0. The quantitative estimate of drug-likeness (QED) is 0.641. The van der Waals surface area contributed by atoms with Crippen molar-refractivity contribution in [1.29, 1.82) is 5.26 Å². The van der Waals surface area contributed by atoms with Crippen molar-refractivity contribution < 1.29 is 9.90 Å². The van der Waals surface area contributed by atoms with Crippen LogP contribution in [0, 0.1) is 17.2 Å². The summed E-state index contributed by atoms with van der Waals surface area (Å²) in [5.41, 5.74) is 0.116. The summed E-state index contributed by atoms with van der Waals surface area (Å²) in [6.45, 7) is 0.727. The van der Waals surface area contributed by atoms with Gasteiger partial charge < -0.3 is 10.0 Å². The van der Waals surface area contributed by atoms with Crippen molar-refractivity contribution in [3.63, 3.8) is 0 Å². The van der Waals surface area contributed by atoms with Crippen LogP contribution in [0.15, 0.2) is 35.9 Å². The topological polar surface area (TPSA) is 146 Å². The predicted octanol–water partition coefficient (Wildman–Crippen LogP) is -0.466. The van der Waals surface area contributed by atoms with E-state index in [4.69, 9.17) is 10.4 Å². The number of H-pyrrole nitrogens is 1. The van der Waals surface area contributed by atoms with Gasteiger partial charge in [-0.3, -0.25) is 19.3 Å². The number of nitrogens with one attached hydrogen (secondary N) is 1. The SMILES string of the molecule is N#Cc1cn(-c2c[nH]n(-c3cc(N4CC(C(=O)O)C4)ncn3)c2=O)cn1. The number of nitrogens with zero attached hydrogens (tertiary/aromatic N) is 7. The van der Waals surface area contributed by atoms with E-state index in [-0.39, 0.29) is 16.9 Å². The van der Waals surface area contributed by atoms with E-state index in [1.54, 1.807) is 11.0 Å². The minimum Gasteiger partial charge on any atom is -0.481 e. The van der Waals surface area contributed by atoms with Crippen LogP contribution in [0.1, 0.15) is 5.69 Å². The van der Waals surface area contributed by atoms with Crippen molar-refractivity contribution in [2.45, 2.75) is 0 Å². The third-order valence-corrected chi connectivity index (χ3v) is 4.15. The molecular weight excluding hydrogens is 340 g/mol. The molecule has 0 atom stereocenters. The number of carboxylic acids is 1. The Morgan fingerprint density at radius 3 is 2.77 bits per heavy atom. The molecule has 4 heterocycles.